The van der Waals surface area contributed by atoms with Crippen molar-refractivity contribution in [2.75, 3.05) is 26.2 Å². The average Bonchev–Trinajstić information content (AvgIpc) is 2.63. The topological polar surface area (TPSA) is 79.3 Å². The van der Waals surface area contributed by atoms with Crippen LogP contribution in [0.5, 0.6) is 5.75 Å². The lowest BCUT2D eigenvalue weighted by Gasteiger charge is -2.35. The summed E-state index contributed by atoms with van der Waals surface area (Å²) in [7, 11) is 0. The molecule has 0 aromatic heterocycles. The molecule has 1 fully saturated rings. The molecule has 7 nitrogen and oxygen atoms in total. The quantitative estimate of drug-likeness (QED) is 0.765. The highest BCUT2D eigenvalue weighted by molar-refractivity contribution is 5.72. The summed E-state index contributed by atoms with van der Waals surface area (Å²) in [5, 5.41) is 9.06. The minimum Gasteiger partial charge on any atom is -0.479 e. The third-order valence-corrected chi connectivity index (χ3v) is 4.64. The Kier molecular flexibility index (Phi) is 7.34. The highest BCUT2D eigenvalue weighted by atomic mass is 19.4. The Balaban J connectivity index is 1.94. The molecular weight excluding hydrogens is 393 g/mol. The Morgan fingerprint density at radius 1 is 1.17 bits per heavy atom. The van der Waals surface area contributed by atoms with Crippen LogP contribution in [0.25, 0.3) is 0 Å². The lowest BCUT2D eigenvalue weighted by atomic mass is 10.1. The molecule has 1 N–H and O–H groups in total. The first-order valence-electron chi connectivity index (χ1n) is 9.21. The summed E-state index contributed by atoms with van der Waals surface area (Å²) in [4.78, 5) is 26.2. The lowest BCUT2D eigenvalue weighted by molar-refractivity contribution is -0.200. The van der Waals surface area contributed by atoms with Gasteiger partial charge in [0.2, 0.25) is 0 Å². The van der Waals surface area contributed by atoms with E-state index in [2.05, 4.69) is 4.74 Å². The maximum atomic E-state index is 12.5. The van der Waals surface area contributed by atoms with Gasteiger partial charge in [-0.15, -0.1) is 0 Å². The van der Waals surface area contributed by atoms with Gasteiger partial charge in [-0.25, -0.2) is 9.59 Å². The number of carbonyl (C=O) groups is 2. The van der Waals surface area contributed by atoms with Gasteiger partial charge in [0.15, 0.2) is 12.2 Å². The molecule has 0 saturated carbocycles. The molecule has 1 aromatic carbocycles. The van der Waals surface area contributed by atoms with Gasteiger partial charge in [-0.3, -0.25) is 4.90 Å². The number of alkyl halides is 3. The van der Waals surface area contributed by atoms with Crippen molar-refractivity contribution in [2.24, 2.45) is 0 Å². The van der Waals surface area contributed by atoms with Gasteiger partial charge >= 0.3 is 18.2 Å². The largest absolute Gasteiger partial charge is 0.479 e. The number of piperazine rings is 1. The predicted octanol–water partition coefficient (Wildman–Crippen LogP) is 3.05. The fourth-order valence-electron chi connectivity index (χ4n) is 2.76. The van der Waals surface area contributed by atoms with Crippen LogP contribution in [0.4, 0.5) is 18.0 Å². The van der Waals surface area contributed by atoms with Crippen molar-refractivity contribution < 1.29 is 37.3 Å². The summed E-state index contributed by atoms with van der Waals surface area (Å²) in [6.07, 6.45) is -8.73. The van der Waals surface area contributed by atoms with E-state index in [4.69, 9.17) is 9.84 Å². The van der Waals surface area contributed by atoms with Crippen molar-refractivity contribution in [3.05, 3.63) is 29.3 Å². The molecule has 2 rings (SSSR count). The van der Waals surface area contributed by atoms with Gasteiger partial charge in [-0.05, 0) is 32.4 Å². The van der Waals surface area contributed by atoms with E-state index in [9.17, 15) is 22.8 Å². The molecule has 2 atom stereocenters. The summed E-state index contributed by atoms with van der Waals surface area (Å²) in [6, 6.07) is 5.51. The maximum absolute atomic E-state index is 12.5. The van der Waals surface area contributed by atoms with Gasteiger partial charge in [0, 0.05) is 38.3 Å². The number of aliphatic carboxylic acids is 1. The van der Waals surface area contributed by atoms with Gasteiger partial charge in [-0.1, -0.05) is 12.1 Å². The fourth-order valence-corrected chi connectivity index (χ4v) is 2.76. The normalized spacial score (nSPS) is 17.5. The number of carbonyl (C=O) groups excluding carboxylic acids is 1. The molecule has 1 heterocycles. The highest BCUT2D eigenvalue weighted by Crippen LogP contribution is 2.25. The summed E-state index contributed by atoms with van der Waals surface area (Å²) in [5.74, 6) is -0.599. The highest BCUT2D eigenvalue weighted by Gasteiger charge is 2.40. The molecule has 10 heteroatoms. The zero-order chi connectivity index (χ0) is 21.8. The Morgan fingerprint density at radius 3 is 2.34 bits per heavy atom. The number of benzene rings is 1. The molecular formula is C19H25F3N2O5. The predicted molar refractivity (Wildman–Crippen MR) is 97.8 cm³/mol. The third kappa shape index (κ3) is 6.52. The summed E-state index contributed by atoms with van der Waals surface area (Å²) in [5.41, 5.74) is 1.72. The number of nitrogens with zero attached hydrogens (tertiary/aromatic N) is 2. The van der Waals surface area contributed by atoms with Crippen LogP contribution in [0.3, 0.4) is 0 Å². The second kappa shape index (κ2) is 9.34. The maximum Gasteiger partial charge on any atom is 0.425 e. The van der Waals surface area contributed by atoms with E-state index >= 15 is 0 Å². The number of rotatable bonds is 6. The van der Waals surface area contributed by atoms with Crippen molar-refractivity contribution in [3.63, 3.8) is 0 Å². The Bertz CT molecular complexity index is 733. The monoisotopic (exact) mass is 418 g/mol. The van der Waals surface area contributed by atoms with Crippen LogP contribution >= 0.6 is 0 Å². The third-order valence-electron chi connectivity index (χ3n) is 4.64. The van der Waals surface area contributed by atoms with E-state index in [1.54, 1.807) is 6.07 Å². The fraction of sp³-hybridized carbons (Fsp3) is 0.579. The van der Waals surface area contributed by atoms with E-state index in [0.29, 0.717) is 25.4 Å². The first-order valence-corrected chi connectivity index (χ1v) is 9.21. The number of amides is 1. The molecule has 0 spiro atoms. The first-order chi connectivity index (χ1) is 13.5. The number of hydrogen-bond donors (Lipinski definition) is 1. The van der Waals surface area contributed by atoms with Crippen LogP contribution in [-0.2, 0) is 16.1 Å². The Morgan fingerprint density at radius 2 is 1.79 bits per heavy atom. The van der Waals surface area contributed by atoms with E-state index < -0.39 is 30.4 Å². The SMILES string of the molecule is Cc1ccc(CN2CCN(C(=O)OC(C)C(F)(F)F)CC2)c(O[C@@H](C)C(=O)O)c1. The summed E-state index contributed by atoms with van der Waals surface area (Å²) >= 11 is 0. The van der Waals surface area contributed by atoms with E-state index in [1.807, 2.05) is 24.0 Å². The van der Waals surface area contributed by atoms with Crippen LogP contribution in [0.1, 0.15) is 25.0 Å². The van der Waals surface area contributed by atoms with Crippen LogP contribution < -0.4 is 4.74 Å². The second-order valence-electron chi connectivity index (χ2n) is 7.04. The minimum atomic E-state index is -4.59. The molecule has 1 aromatic rings. The number of ether oxygens (including phenoxy) is 2. The number of halogens is 3. The number of hydrogen-bond acceptors (Lipinski definition) is 5. The van der Waals surface area contributed by atoms with Crippen molar-refractivity contribution in [2.45, 2.75) is 45.7 Å². The van der Waals surface area contributed by atoms with Gasteiger partial charge in [0.25, 0.3) is 0 Å². The van der Waals surface area contributed by atoms with Crippen LogP contribution in [-0.4, -0.2) is 71.5 Å². The molecule has 1 aliphatic heterocycles. The molecule has 1 saturated heterocycles. The Labute approximate surface area is 167 Å². The van der Waals surface area contributed by atoms with Crippen molar-refractivity contribution in [1.29, 1.82) is 0 Å². The van der Waals surface area contributed by atoms with Gasteiger partial charge in [-0.2, -0.15) is 13.2 Å². The number of carboxylic acids is 1. The zero-order valence-electron chi connectivity index (χ0n) is 16.5. The van der Waals surface area contributed by atoms with E-state index in [1.165, 1.54) is 11.8 Å². The van der Waals surface area contributed by atoms with Crippen LogP contribution in [0.2, 0.25) is 0 Å². The van der Waals surface area contributed by atoms with Gasteiger partial charge < -0.3 is 19.5 Å². The van der Waals surface area contributed by atoms with Gasteiger partial charge in [0.1, 0.15) is 5.75 Å². The lowest BCUT2D eigenvalue weighted by Crippen LogP contribution is -2.49. The molecule has 0 bridgehead atoms. The summed E-state index contributed by atoms with van der Waals surface area (Å²) in [6.45, 7) is 5.92. The molecule has 1 amide bonds. The molecule has 1 aliphatic rings. The van der Waals surface area contributed by atoms with E-state index in [0.717, 1.165) is 18.1 Å². The van der Waals surface area contributed by atoms with Crippen molar-refractivity contribution in [3.8, 4) is 5.75 Å². The first kappa shape index (κ1) is 22.8. The van der Waals surface area contributed by atoms with Crippen LogP contribution in [0, 0.1) is 6.92 Å². The molecule has 0 aliphatic carbocycles. The number of aryl methyl sites for hydroxylation is 1. The van der Waals surface area contributed by atoms with Crippen LogP contribution in [0.15, 0.2) is 18.2 Å². The zero-order valence-corrected chi connectivity index (χ0v) is 16.5. The Hall–Kier alpha value is -2.49. The number of carboxylic acid groups (broad SMARTS) is 1. The molecule has 29 heavy (non-hydrogen) atoms. The second-order valence-corrected chi connectivity index (χ2v) is 7.04. The van der Waals surface area contributed by atoms with E-state index in [-0.39, 0.29) is 13.1 Å². The summed E-state index contributed by atoms with van der Waals surface area (Å²) < 4.78 is 47.6. The standard InChI is InChI=1S/C19H25F3N2O5/c1-12-4-5-15(16(10-12)28-13(2)17(25)26)11-23-6-8-24(9-7-23)18(27)29-14(3)19(20,21)22/h4-5,10,13-14H,6-9,11H2,1-3H3,(H,25,26)/t13-,14?/m0/s1. The molecule has 162 valence electrons. The van der Waals surface area contributed by atoms with Crippen molar-refractivity contribution >= 4 is 12.1 Å². The molecule has 1 unspecified atom stereocenters. The van der Waals surface area contributed by atoms with Gasteiger partial charge in [0.05, 0.1) is 0 Å². The average molecular weight is 418 g/mol. The minimum absolute atomic E-state index is 0.233. The van der Waals surface area contributed by atoms with Crippen molar-refractivity contribution in [1.82, 2.24) is 9.80 Å². The molecule has 0 radical (unpaired) electrons. The smallest absolute Gasteiger partial charge is 0.425 e.